The first-order chi connectivity index (χ1) is 8.13. The summed E-state index contributed by atoms with van der Waals surface area (Å²) in [5.41, 5.74) is 7.82. The Bertz CT molecular complexity index is 496. The van der Waals surface area contributed by atoms with Crippen molar-refractivity contribution in [1.29, 1.82) is 0 Å². The Labute approximate surface area is 113 Å². The summed E-state index contributed by atoms with van der Waals surface area (Å²) in [5, 5.41) is 6.22. The van der Waals surface area contributed by atoms with Crippen LogP contribution in [0.1, 0.15) is 12.6 Å². The molecule has 1 aromatic heterocycles. The van der Waals surface area contributed by atoms with Gasteiger partial charge in [0.05, 0.1) is 5.69 Å². The predicted octanol–water partition coefficient (Wildman–Crippen LogP) is 3.54. The number of nitrogens with one attached hydrogen (secondary N) is 1. The van der Waals surface area contributed by atoms with Crippen molar-refractivity contribution in [2.24, 2.45) is 5.73 Å². The molecule has 17 heavy (non-hydrogen) atoms. The van der Waals surface area contributed by atoms with Gasteiger partial charge in [-0.1, -0.05) is 22.0 Å². The molecule has 0 radical (unpaired) electrons. The van der Waals surface area contributed by atoms with E-state index in [0.29, 0.717) is 0 Å². The topological polar surface area (TPSA) is 50.9 Å². The third-order valence-electron chi connectivity index (χ3n) is 2.16. The molecule has 0 spiro atoms. The summed E-state index contributed by atoms with van der Waals surface area (Å²) in [4.78, 5) is 4.49. The zero-order chi connectivity index (χ0) is 12.3. The fourth-order valence-corrected chi connectivity index (χ4v) is 2.62. The Morgan fingerprint density at radius 3 is 3.06 bits per heavy atom. The Morgan fingerprint density at radius 1 is 1.53 bits per heavy atom. The van der Waals surface area contributed by atoms with Crippen molar-refractivity contribution in [2.45, 2.75) is 19.4 Å². The number of benzene rings is 1. The van der Waals surface area contributed by atoms with E-state index in [0.717, 1.165) is 27.4 Å². The first-order valence-corrected chi connectivity index (χ1v) is 7.03. The van der Waals surface area contributed by atoms with Crippen molar-refractivity contribution in [3.8, 4) is 0 Å². The number of nitrogens with zero attached hydrogens (tertiary/aromatic N) is 1. The van der Waals surface area contributed by atoms with E-state index in [9.17, 15) is 0 Å². The molecule has 5 heteroatoms. The Hall–Kier alpha value is -0.910. The van der Waals surface area contributed by atoms with Gasteiger partial charge in [-0.3, -0.25) is 0 Å². The third kappa shape index (κ3) is 3.80. The van der Waals surface area contributed by atoms with E-state index in [1.165, 1.54) is 0 Å². The van der Waals surface area contributed by atoms with Gasteiger partial charge >= 0.3 is 0 Å². The number of hydrogen-bond acceptors (Lipinski definition) is 4. The molecule has 3 N–H and O–H groups in total. The van der Waals surface area contributed by atoms with Crippen molar-refractivity contribution in [1.82, 2.24) is 4.98 Å². The molecule has 0 amide bonds. The van der Waals surface area contributed by atoms with Gasteiger partial charge in [0.1, 0.15) is 0 Å². The molecule has 90 valence electrons. The molecule has 0 saturated carbocycles. The molecule has 2 rings (SSSR count). The monoisotopic (exact) mass is 311 g/mol. The molecular formula is C12H14BrN3S. The highest BCUT2D eigenvalue weighted by Crippen LogP contribution is 2.23. The average molecular weight is 312 g/mol. The lowest BCUT2D eigenvalue weighted by molar-refractivity contribution is 0.726. The van der Waals surface area contributed by atoms with Gasteiger partial charge in [0.2, 0.25) is 0 Å². The number of rotatable bonds is 4. The standard InChI is InChI=1S/C12H14BrN3S/c1-8(14)5-11-7-17-12(16-11)15-10-4-2-3-9(13)6-10/h2-4,6-8H,5,14H2,1H3,(H,15,16). The number of thiazole rings is 1. The maximum Gasteiger partial charge on any atom is 0.187 e. The van der Waals surface area contributed by atoms with Gasteiger partial charge in [-0.2, -0.15) is 0 Å². The number of hydrogen-bond donors (Lipinski definition) is 2. The summed E-state index contributed by atoms with van der Waals surface area (Å²) in [6.07, 6.45) is 0.816. The predicted molar refractivity (Wildman–Crippen MR) is 76.9 cm³/mol. The normalized spacial score (nSPS) is 12.4. The van der Waals surface area contributed by atoms with Crippen LogP contribution in [0.3, 0.4) is 0 Å². The zero-order valence-electron chi connectivity index (χ0n) is 9.48. The van der Waals surface area contributed by atoms with Crippen LogP contribution in [0, 0.1) is 0 Å². The SMILES string of the molecule is CC(N)Cc1csc(Nc2cccc(Br)c2)n1. The first kappa shape index (κ1) is 12.5. The lowest BCUT2D eigenvalue weighted by Crippen LogP contribution is -2.17. The average Bonchev–Trinajstić information content (AvgIpc) is 2.64. The first-order valence-electron chi connectivity index (χ1n) is 5.36. The van der Waals surface area contributed by atoms with E-state index in [1.807, 2.05) is 36.6 Å². The molecule has 1 atom stereocenters. The molecule has 2 aromatic rings. The lowest BCUT2D eigenvalue weighted by atomic mass is 10.2. The molecule has 0 bridgehead atoms. The second kappa shape index (κ2) is 5.62. The zero-order valence-corrected chi connectivity index (χ0v) is 11.9. The van der Waals surface area contributed by atoms with Gasteiger partial charge in [-0.25, -0.2) is 4.98 Å². The smallest absolute Gasteiger partial charge is 0.187 e. The van der Waals surface area contributed by atoms with Crippen LogP contribution in [0.2, 0.25) is 0 Å². The van der Waals surface area contributed by atoms with Gasteiger partial charge in [0.15, 0.2) is 5.13 Å². The van der Waals surface area contributed by atoms with Crippen molar-refractivity contribution < 1.29 is 0 Å². The van der Waals surface area contributed by atoms with E-state index in [2.05, 4.69) is 26.2 Å². The van der Waals surface area contributed by atoms with Crippen LogP contribution < -0.4 is 11.1 Å². The van der Waals surface area contributed by atoms with Crippen LogP contribution in [0.4, 0.5) is 10.8 Å². The van der Waals surface area contributed by atoms with Crippen molar-refractivity contribution in [2.75, 3.05) is 5.32 Å². The molecule has 3 nitrogen and oxygen atoms in total. The summed E-state index contributed by atoms with van der Waals surface area (Å²) >= 11 is 5.04. The van der Waals surface area contributed by atoms with Crippen molar-refractivity contribution in [3.05, 3.63) is 39.8 Å². The van der Waals surface area contributed by atoms with E-state index < -0.39 is 0 Å². The van der Waals surface area contributed by atoms with Crippen molar-refractivity contribution in [3.63, 3.8) is 0 Å². The summed E-state index contributed by atoms with van der Waals surface area (Å²) in [5.74, 6) is 0. The number of halogens is 1. The van der Waals surface area contributed by atoms with Crippen LogP contribution >= 0.6 is 27.3 Å². The Balaban J connectivity index is 2.06. The van der Waals surface area contributed by atoms with E-state index in [-0.39, 0.29) is 6.04 Å². The van der Waals surface area contributed by atoms with E-state index in [1.54, 1.807) is 11.3 Å². The molecule has 0 aliphatic heterocycles. The van der Waals surface area contributed by atoms with Crippen LogP contribution in [0.5, 0.6) is 0 Å². The highest BCUT2D eigenvalue weighted by atomic mass is 79.9. The van der Waals surface area contributed by atoms with Gasteiger partial charge in [0.25, 0.3) is 0 Å². The number of aromatic nitrogens is 1. The molecule has 1 aromatic carbocycles. The fourth-order valence-electron chi connectivity index (χ4n) is 1.48. The molecule has 0 aliphatic rings. The minimum atomic E-state index is 0.149. The maximum atomic E-state index is 5.74. The van der Waals surface area contributed by atoms with Crippen molar-refractivity contribution >= 4 is 38.1 Å². The highest BCUT2D eigenvalue weighted by molar-refractivity contribution is 9.10. The highest BCUT2D eigenvalue weighted by Gasteiger charge is 2.04. The summed E-state index contributed by atoms with van der Waals surface area (Å²) in [6, 6.07) is 8.16. The summed E-state index contributed by atoms with van der Waals surface area (Å²) in [6.45, 7) is 1.99. The van der Waals surface area contributed by atoms with Crippen LogP contribution in [0.25, 0.3) is 0 Å². The maximum absolute atomic E-state index is 5.74. The summed E-state index contributed by atoms with van der Waals surface area (Å²) in [7, 11) is 0. The third-order valence-corrected chi connectivity index (χ3v) is 3.46. The van der Waals surface area contributed by atoms with Crippen LogP contribution in [-0.2, 0) is 6.42 Å². The largest absolute Gasteiger partial charge is 0.332 e. The summed E-state index contributed by atoms with van der Waals surface area (Å²) < 4.78 is 1.05. The molecule has 1 heterocycles. The van der Waals surface area contributed by atoms with E-state index >= 15 is 0 Å². The second-order valence-corrected chi connectivity index (χ2v) is 5.73. The molecule has 0 fully saturated rings. The fraction of sp³-hybridized carbons (Fsp3) is 0.250. The minimum absolute atomic E-state index is 0.149. The van der Waals surface area contributed by atoms with E-state index in [4.69, 9.17) is 5.73 Å². The van der Waals surface area contributed by atoms with Gasteiger partial charge in [-0.05, 0) is 25.1 Å². The quantitative estimate of drug-likeness (QED) is 0.908. The Kier molecular flexibility index (Phi) is 4.15. The molecule has 0 aliphatic carbocycles. The Morgan fingerprint density at radius 2 is 2.35 bits per heavy atom. The lowest BCUT2D eigenvalue weighted by Gasteiger charge is -2.03. The number of nitrogens with two attached hydrogens (primary N) is 1. The van der Waals surface area contributed by atoms with Crippen LogP contribution in [-0.4, -0.2) is 11.0 Å². The van der Waals surface area contributed by atoms with Gasteiger partial charge in [-0.15, -0.1) is 11.3 Å². The number of anilines is 2. The minimum Gasteiger partial charge on any atom is -0.332 e. The van der Waals surface area contributed by atoms with Crippen LogP contribution in [0.15, 0.2) is 34.1 Å². The van der Waals surface area contributed by atoms with Gasteiger partial charge < -0.3 is 11.1 Å². The molecule has 1 unspecified atom stereocenters. The molecule has 0 saturated heterocycles. The van der Waals surface area contributed by atoms with Gasteiger partial charge in [0, 0.05) is 28.0 Å². The molecular weight excluding hydrogens is 298 g/mol. The second-order valence-electron chi connectivity index (χ2n) is 3.96.